The molecule has 2 saturated heterocycles. The Hall–Kier alpha value is -2.14. The molecule has 1 aromatic heterocycles. The van der Waals surface area contributed by atoms with Gasteiger partial charge in [0.25, 0.3) is 5.91 Å². The molecule has 5 heteroatoms. The molecule has 5 nitrogen and oxygen atoms in total. The van der Waals surface area contributed by atoms with Crippen molar-refractivity contribution in [3.63, 3.8) is 0 Å². The smallest absolute Gasteiger partial charge is 0.257 e. The fourth-order valence-electron chi connectivity index (χ4n) is 4.56. The number of amides is 1. The Morgan fingerprint density at radius 2 is 1.96 bits per heavy atom. The van der Waals surface area contributed by atoms with E-state index in [0.29, 0.717) is 5.41 Å². The maximum absolute atomic E-state index is 13.2. The van der Waals surface area contributed by atoms with E-state index in [1.165, 1.54) is 12.0 Å². The van der Waals surface area contributed by atoms with Gasteiger partial charge in [-0.15, -0.1) is 0 Å². The van der Waals surface area contributed by atoms with E-state index in [9.17, 15) is 4.79 Å². The van der Waals surface area contributed by atoms with Crippen LogP contribution in [0, 0.1) is 5.41 Å². The first-order valence-electron chi connectivity index (χ1n) is 10.3. The van der Waals surface area contributed by atoms with E-state index in [-0.39, 0.29) is 5.91 Å². The lowest BCUT2D eigenvalue weighted by Crippen LogP contribution is -2.44. The summed E-state index contributed by atoms with van der Waals surface area (Å²) in [5.41, 5.74) is 3.52. The molecule has 0 bridgehead atoms. The van der Waals surface area contributed by atoms with Crippen molar-refractivity contribution >= 4 is 5.91 Å². The van der Waals surface area contributed by atoms with Gasteiger partial charge in [0, 0.05) is 19.6 Å². The van der Waals surface area contributed by atoms with Crippen molar-refractivity contribution < 1.29 is 4.79 Å². The number of benzene rings is 1. The number of hydrogen-bond acceptors (Lipinski definition) is 3. The van der Waals surface area contributed by atoms with Crippen molar-refractivity contribution in [1.82, 2.24) is 20.0 Å². The van der Waals surface area contributed by atoms with E-state index in [0.717, 1.165) is 69.7 Å². The van der Waals surface area contributed by atoms with Crippen molar-refractivity contribution in [1.29, 1.82) is 0 Å². The zero-order valence-electron chi connectivity index (χ0n) is 16.3. The normalized spacial score (nSPS) is 18.9. The van der Waals surface area contributed by atoms with Gasteiger partial charge in [-0.2, -0.15) is 5.10 Å². The van der Waals surface area contributed by atoms with Gasteiger partial charge in [0.2, 0.25) is 0 Å². The van der Waals surface area contributed by atoms with Crippen LogP contribution >= 0.6 is 0 Å². The molecule has 2 fully saturated rings. The van der Waals surface area contributed by atoms with Crippen LogP contribution in [0.15, 0.2) is 36.5 Å². The highest BCUT2D eigenvalue weighted by atomic mass is 16.2. The fourth-order valence-corrected chi connectivity index (χ4v) is 4.56. The molecular formula is C22H30N4O. The number of carbonyl (C=O) groups is 1. The van der Waals surface area contributed by atoms with Crippen molar-refractivity contribution in [2.24, 2.45) is 5.41 Å². The van der Waals surface area contributed by atoms with Crippen LogP contribution in [0.4, 0.5) is 0 Å². The van der Waals surface area contributed by atoms with Crippen LogP contribution < -0.4 is 5.32 Å². The first-order valence-corrected chi connectivity index (χ1v) is 10.3. The zero-order chi connectivity index (χ0) is 18.7. The third-order valence-corrected chi connectivity index (χ3v) is 6.28. The summed E-state index contributed by atoms with van der Waals surface area (Å²) in [4.78, 5) is 15.3. The van der Waals surface area contributed by atoms with E-state index in [1.54, 1.807) is 6.20 Å². The maximum Gasteiger partial charge on any atom is 0.257 e. The van der Waals surface area contributed by atoms with Gasteiger partial charge in [-0.3, -0.25) is 9.48 Å². The van der Waals surface area contributed by atoms with Crippen molar-refractivity contribution in [3.8, 4) is 0 Å². The molecule has 27 heavy (non-hydrogen) atoms. The number of hydrogen-bond donors (Lipinski definition) is 1. The van der Waals surface area contributed by atoms with Gasteiger partial charge in [-0.1, -0.05) is 43.7 Å². The molecule has 2 aromatic rings. The third-order valence-electron chi connectivity index (χ3n) is 6.28. The molecule has 1 aromatic carbocycles. The summed E-state index contributed by atoms with van der Waals surface area (Å²) >= 11 is 0. The van der Waals surface area contributed by atoms with E-state index < -0.39 is 0 Å². The predicted octanol–water partition coefficient (Wildman–Crippen LogP) is 3.10. The quantitative estimate of drug-likeness (QED) is 0.885. The Morgan fingerprint density at radius 3 is 2.63 bits per heavy atom. The third kappa shape index (κ3) is 3.79. The maximum atomic E-state index is 13.2. The minimum Gasteiger partial charge on any atom is -0.338 e. The summed E-state index contributed by atoms with van der Waals surface area (Å²) in [7, 11) is 0. The molecule has 1 spiro atoms. The van der Waals surface area contributed by atoms with Crippen LogP contribution in [0.2, 0.25) is 0 Å². The van der Waals surface area contributed by atoms with Crippen molar-refractivity contribution in [2.45, 2.75) is 45.6 Å². The number of rotatable bonds is 5. The SMILES string of the molecule is CCCc1c(C(=O)N2CCC3(CCNC3)CC2)cnn1Cc1ccccc1. The molecule has 144 valence electrons. The lowest BCUT2D eigenvalue weighted by Gasteiger charge is -2.38. The summed E-state index contributed by atoms with van der Waals surface area (Å²) < 4.78 is 2.01. The summed E-state index contributed by atoms with van der Waals surface area (Å²) in [5.74, 6) is 0.165. The minimum atomic E-state index is 0.165. The van der Waals surface area contributed by atoms with E-state index in [4.69, 9.17) is 0 Å². The highest BCUT2D eigenvalue weighted by molar-refractivity contribution is 5.95. The van der Waals surface area contributed by atoms with Crippen molar-refractivity contribution in [3.05, 3.63) is 53.3 Å². The molecule has 0 radical (unpaired) electrons. The second-order valence-electron chi connectivity index (χ2n) is 8.12. The summed E-state index contributed by atoms with van der Waals surface area (Å²) in [5, 5.41) is 8.07. The van der Waals surface area contributed by atoms with Gasteiger partial charge >= 0.3 is 0 Å². The first kappa shape index (κ1) is 18.2. The van der Waals surface area contributed by atoms with Crippen molar-refractivity contribution in [2.75, 3.05) is 26.2 Å². The van der Waals surface area contributed by atoms with Gasteiger partial charge in [0.05, 0.1) is 24.0 Å². The molecule has 1 N–H and O–H groups in total. The highest BCUT2D eigenvalue weighted by Crippen LogP contribution is 2.37. The van der Waals surface area contributed by atoms with E-state index in [1.807, 2.05) is 27.8 Å². The number of carbonyl (C=O) groups excluding carboxylic acids is 1. The number of piperidine rings is 1. The Kier molecular flexibility index (Phi) is 5.30. The molecule has 3 heterocycles. The van der Waals surface area contributed by atoms with Crippen LogP contribution in [0.5, 0.6) is 0 Å². The van der Waals surface area contributed by atoms with Crippen LogP contribution in [0.1, 0.15) is 54.2 Å². The monoisotopic (exact) mass is 366 g/mol. The average molecular weight is 367 g/mol. The summed E-state index contributed by atoms with van der Waals surface area (Å²) in [6.45, 7) is 6.86. The molecule has 4 rings (SSSR count). The topological polar surface area (TPSA) is 50.2 Å². The second kappa shape index (κ2) is 7.85. The Bertz CT molecular complexity index is 767. The van der Waals surface area contributed by atoms with Crippen LogP contribution in [-0.2, 0) is 13.0 Å². The standard InChI is InChI=1S/C22H30N4O/c1-2-6-20-19(15-24-26(20)16-18-7-4-3-5-8-18)21(27)25-13-10-22(11-14-25)9-12-23-17-22/h3-5,7-8,15,23H,2,6,9-14,16-17H2,1H3. The molecular weight excluding hydrogens is 336 g/mol. The highest BCUT2D eigenvalue weighted by Gasteiger charge is 2.38. The second-order valence-corrected chi connectivity index (χ2v) is 8.12. The molecule has 2 aliphatic rings. The molecule has 0 aliphatic carbocycles. The molecule has 0 atom stereocenters. The Balaban J connectivity index is 1.50. The fraction of sp³-hybridized carbons (Fsp3) is 0.545. The Labute approximate surface area is 161 Å². The summed E-state index contributed by atoms with van der Waals surface area (Å²) in [6.07, 6.45) is 7.17. The van der Waals surface area contributed by atoms with Crippen LogP contribution in [-0.4, -0.2) is 46.8 Å². The van der Waals surface area contributed by atoms with Gasteiger partial charge < -0.3 is 10.2 Å². The van der Waals surface area contributed by atoms with Gasteiger partial charge in [-0.05, 0) is 43.2 Å². The van der Waals surface area contributed by atoms with Gasteiger partial charge in [-0.25, -0.2) is 0 Å². The first-order chi connectivity index (χ1) is 13.2. The zero-order valence-corrected chi connectivity index (χ0v) is 16.3. The molecule has 0 unspecified atom stereocenters. The number of likely N-dealkylation sites (tertiary alicyclic amines) is 1. The molecule has 2 aliphatic heterocycles. The minimum absolute atomic E-state index is 0.165. The predicted molar refractivity (Wildman–Crippen MR) is 107 cm³/mol. The van der Waals surface area contributed by atoms with Crippen LogP contribution in [0.25, 0.3) is 0 Å². The lowest BCUT2D eigenvalue weighted by molar-refractivity contribution is 0.0606. The number of nitrogens with zero attached hydrogens (tertiary/aromatic N) is 3. The van der Waals surface area contributed by atoms with Crippen LogP contribution in [0.3, 0.4) is 0 Å². The summed E-state index contributed by atoms with van der Waals surface area (Å²) in [6, 6.07) is 10.3. The number of nitrogens with one attached hydrogen (secondary N) is 1. The molecule has 1 amide bonds. The van der Waals surface area contributed by atoms with E-state index in [2.05, 4.69) is 29.5 Å². The largest absolute Gasteiger partial charge is 0.338 e. The van der Waals surface area contributed by atoms with E-state index >= 15 is 0 Å². The van der Waals surface area contributed by atoms with Gasteiger partial charge in [0.1, 0.15) is 0 Å². The molecule has 0 saturated carbocycles. The Morgan fingerprint density at radius 1 is 1.19 bits per heavy atom. The lowest BCUT2D eigenvalue weighted by atomic mass is 9.78. The average Bonchev–Trinajstić information content (AvgIpc) is 3.31. The van der Waals surface area contributed by atoms with Gasteiger partial charge in [0.15, 0.2) is 0 Å². The number of aromatic nitrogens is 2.